The molecule has 0 spiro atoms. The molecule has 1 aliphatic heterocycles. The molecule has 0 unspecified atom stereocenters. The molecule has 114 valence electrons. The van der Waals surface area contributed by atoms with Crippen molar-refractivity contribution in [3.8, 4) is 0 Å². The Kier molecular flexibility index (Phi) is 4.42. The van der Waals surface area contributed by atoms with Gasteiger partial charge in [-0.1, -0.05) is 6.92 Å². The molecule has 0 aliphatic carbocycles. The minimum absolute atomic E-state index is 0.0501. The zero-order valence-electron chi connectivity index (χ0n) is 11.9. The number of ether oxygens (including phenoxy) is 1. The number of amides is 1. The quantitative estimate of drug-likeness (QED) is 0.637. The molecule has 1 saturated heterocycles. The van der Waals surface area contributed by atoms with Crippen molar-refractivity contribution < 1.29 is 14.5 Å². The summed E-state index contributed by atoms with van der Waals surface area (Å²) in [6, 6.07) is 4.22. The smallest absolute Gasteiger partial charge is 0.293 e. The maximum Gasteiger partial charge on any atom is 0.293 e. The van der Waals surface area contributed by atoms with E-state index in [0.29, 0.717) is 25.4 Å². The van der Waals surface area contributed by atoms with E-state index in [-0.39, 0.29) is 16.7 Å². The number of hydrogen-bond donors (Lipinski definition) is 2. The van der Waals surface area contributed by atoms with Gasteiger partial charge in [0.1, 0.15) is 5.69 Å². The van der Waals surface area contributed by atoms with Crippen molar-refractivity contribution in [3.05, 3.63) is 33.9 Å². The van der Waals surface area contributed by atoms with Gasteiger partial charge in [0.05, 0.1) is 4.92 Å². The lowest BCUT2D eigenvalue weighted by atomic mass is 9.82. The number of carbonyl (C=O) groups excluding carboxylic acids is 1. The lowest BCUT2D eigenvalue weighted by Gasteiger charge is -2.33. The average molecular weight is 293 g/mol. The summed E-state index contributed by atoms with van der Waals surface area (Å²) in [5.74, 6) is -0.680. The summed E-state index contributed by atoms with van der Waals surface area (Å²) in [4.78, 5) is 21.7. The van der Waals surface area contributed by atoms with E-state index in [9.17, 15) is 14.9 Å². The first-order chi connectivity index (χ1) is 9.91. The summed E-state index contributed by atoms with van der Waals surface area (Å²) in [6.45, 7) is 4.17. The number of anilines is 1. The van der Waals surface area contributed by atoms with E-state index < -0.39 is 10.8 Å². The topological polar surface area (TPSA) is 107 Å². The molecule has 1 fully saturated rings. The fraction of sp³-hybridized carbons (Fsp3) is 0.500. The number of nitro groups is 1. The van der Waals surface area contributed by atoms with Crippen LogP contribution in [-0.2, 0) is 4.74 Å². The Bertz CT molecular complexity index is 553. The number of benzene rings is 1. The summed E-state index contributed by atoms with van der Waals surface area (Å²) < 4.78 is 5.33. The second kappa shape index (κ2) is 6.09. The van der Waals surface area contributed by atoms with Crippen molar-refractivity contribution in [2.45, 2.75) is 19.8 Å². The van der Waals surface area contributed by atoms with Crippen molar-refractivity contribution >= 4 is 17.3 Å². The van der Waals surface area contributed by atoms with E-state index in [1.165, 1.54) is 18.2 Å². The average Bonchev–Trinajstić information content (AvgIpc) is 2.45. The lowest BCUT2D eigenvalue weighted by Crippen LogP contribution is -2.33. The van der Waals surface area contributed by atoms with Crippen molar-refractivity contribution in [3.63, 3.8) is 0 Å². The maximum absolute atomic E-state index is 11.1. The van der Waals surface area contributed by atoms with Crippen molar-refractivity contribution in [1.82, 2.24) is 0 Å². The number of nitrogens with two attached hydrogens (primary N) is 1. The standard InChI is InChI=1S/C14H19N3O4/c1-14(4-6-21-7-5-14)9-16-11-3-2-10(13(15)18)8-12(11)17(19)20/h2-3,8,16H,4-7,9H2,1H3,(H2,15,18). The van der Waals surface area contributed by atoms with Crippen molar-refractivity contribution in [1.29, 1.82) is 0 Å². The molecule has 21 heavy (non-hydrogen) atoms. The van der Waals surface area contributed by atoms with Crippen LogP contribution in [0.1, 0.15) is 30.1 Å². The van der Waals surface area contributed by atoms with Gasteiger partial charge in [-0.25, -0.2) is 0 Å². The summed E-state index contributed by atoms with van der Waals surface area (Å²) >= 11 is 0. The van der Waals surface area contributed by atoms with E-state index in [4.69, 9.17) is 10.5 Å². The van der Waals surface area contributed by atoms with Gasteiger partial charge in [0, 0.05) is 31.4 Å². The molecule has 0 bridgehead atoms. The van der Waals surface area contributed by atoms with E-state index in [2.05, 4.69) is 12.2 Å². The summed E-state index contributed by atoms with van der Waals surface area (Å²) in [6.07, 6.45) is 1.82. The van der Waals surface area contributed by atoms with Gasteiger partial charge in [0.25, 0.3) is 5.69 Å². The number of nitrogens with zero attached hydrogens (tertiary/aromatic N) is 1. The van der Waals surface area contributed by atoms with E-state index >= 15 is 0 Å². The molecule has 1 aromatic carbocycles. The van der Waals surface area contributed by atoms with Crippen LogP contribution >= 0.6 is 0 Å². The zero-order valence-corrected chi connectivity index (χ0v) is 11.9. The number of nitro benzene ring substituents is 1. The van der Waals surface area contributed by atoms with Gasteiger partial charge in [-0.15, -0.1) is 0 Å². The SMILES string of the molecule is CC1(CNc2ccc(C(N)=O)cc2[N+](=O)[O-])CCOCC1. The van der Waals surface area contributed by atoms with Crippen LogP contribution in [0.2, 0.25) is 0 Å². The van der Waals surface area contributed by atoms with E-state index in [1.807, 2.05) is 0 Å². The van der Waals surface area contributed by atoms with Crippen molar-refractivity contribution in [2.75, 3.05) is 25.1 Å². The minimum atomic E-state index is -0.680. The lowest BCUT2D eigenvalue weighted by molar-refractivity contribution is -0.384. The molecule has 1 heterocycles. The van der Waals surface area contributed by atoms with Crippen molar-refractivity contribution in [2.24, 2.45) is 11.1 Å². The molecule has 1 aromatic rings. The summed E-state index contributed by atoms with van der Waals surface area (Å²) in [5.41, 5.74) is 5.59. The third-order valence-corrected chi connectivity index (χ3v) is 3.88. The zero-order chi connectivity index (χ0) is 15.5. The third kappa shape index (κ3) is 3.69. The van der Waals surface area contributed by atoms with Gasteiger partial charge in [-0.2, -0.15) is 0 Å². The van der Waals surface area contributed by atoms with E-state index in [1.54, 1.807) is 0 Å². The first kappa shape index (κ1) is 15.2. The van der Waals surface area contributed by atoms with Crippen LogP contribution in [0.4, 0.5) is 11.4 Å². The molecule has 3 N–H and O–H groups in total. The Morgan fingerprint density at radius 1 is 1.48 bits per heavy atom. The number of primary amides is 1. The molecule has 1 aliphatic rings. The first-order valence-electron chi connectivity index (χ1n) is 6.81. The van der Waals surface area contributed by atoms with Gasteiger partial charge < -0.3 is 15.8 Å². The van der Waals surface area contributed by atoms with Crippen LogP contribution in [0.5, 0.6) is 0 Å². The highest BCUT2D eigenvalue weighted by Crippen LogP contribution is 2.32. The highest BCUT2D eigenvalue weighted by atomic mass is 16.6. The molecule has 0 atom stereocenters. The Morgan fingerprint density at radius 3 is 2.71 bits per heavy atom. The second-order valence-corrected chi connectivity index (χ2v) is 5.63. The fourth-order valence-electron chi connectivity index (χ4n) is 2.34. The minimum Gasteiger partial charge on any atom is -0.381 e. The van der Waals surface area contributed by atoms with Gasteiger partial charge >= 0.3 is 0 Å². The Hall–Kier alpha value is -2.15. The fourth-order valence-corrected chi connectivity index (χ4v) is 2.34. The molecule has 0 aromatic heterocycles. The van der Waals surface area contributed by atoms with Crippen LogP contribution in [0, 0.1) is 15.5 Å². The molecule has 7 nitrogen and oxygen atoms in total. The monoisotopic (exact) mass is 293 g/mol. The second-order valence-electron chi connectivity index (χ2n) is 5.63. The summed E-state index contributed by atoms with van der Waals surface area (Å²) in [5, 5.41) is 14.2. The molecular weight excluding hydrogens is 274 g/mol. The highest BCUT2D eigenvalue weighted by Gasteiger charge is 2.28. The van der Waals surface area contributed by atoms with Gasteiger partial charge in [-0.3, -0.25) is 14.9 Å². The molecular formula is C14H19N3O4. The normalized spacial score (nSPS) is 17.2. The highest BCUT2D eigenvalue weighted by molar-refractivity contribution is 5.94. The predicted octanol–water partition coefficient (Wildman–Crippen LogP) is 1.92. The molecule has 0 saturated carbocycles. The number of carbonyl (C=O) groups is 1. The predicted molar refractivity (Wildman–Crippen MR) is 78.3 cm³/mol. The van der Waals surface area contributed by atoms with Crippen LogP contribution in [-0.4, -0.2) is 30.6 Å². The van der Waals surface area contributed by atoms with Crippen LogP contribution in [0.25, 0.3) is 0 Å². The van der Waals surface area contributed by atoms with Crippen LogP contribution in [0.3, 0.4) is 0 Å². The molecule has 7 heteroatoms. The maximum atomic E-state index is 11.1. The number of hydrogen-bond acceptors (Lipinski definition) is 5. The third-order valence-electron chi connectivity index (χ3n) is 3.88. The van der Waals surface area contributed by atoms with Gasteiger partial charge in [-0.05, 0) is 30.4 Å². The molecule has 1 amide bonds. The Balaban J connectivity index is 2.15. The molecule has 2 rings (SSSR count). The first-order valence-corrected chi connectivity index (χ1v) is 6.81. The van der Waals surface area contributed by atoms with Crippen LogP contribution < -0.4 is 11.1 Å². The van der Waals surface area contributed by atoms with Gasteiger partial charge in [0.2, 0.25) is 5.91 Å². The number of nitrogens with one attached hydrogen (secondary N) is 1. The number of rotatable bonds is 5. The van der Waals surface area contributed by atoms with Gasteiger partial charge in [0.15, 0.2) is 0 Å². The largest absolute Gasteiger partial charge is 0.381 e. The Morgan fingerprint density at radius 2 is 2.14 bits per heavy atom. The molecule has 0 radical (unpaired) electrons. The Labute approximate surface area is 122 Å². The van der Waals surface area contributed by atoms with E-state index in [0.717, 1.165) is 12.8 Å². The van der Waals surface area contributed by atoms with Crippen LogP contribution in [0.15, 0.2) is 18.2 Å². The summed E-state index contributed by atoms with van der Waals surface area (Å²) in [7, 11) is 0.